The molecular weight excluding hydrogens is 380 g/mol. The Kier molecular flexibility index (Phi) is 5.44. The molecule has 5 nitrogen and oxygen atoms in total. The Balaban J connectivity index is 1.58. The molecule has 3 aromatic carbocycles. The molecule has 0 spiro atoms. The van der Waals surface area contributed by atoms with E-state index in [1.54, 1.807) is 38.5 Å². The quantitative estimate of drug-likeness (QED) is 0.530. The maximum absolute atomic E-state index is 12.8. The van der Waals surface area contributed by atoms with Crippen LogP contribution in [0.25, 0.3) is 6.08 Å². The Bertz CT molecular complexity index is 1120. The van der Waals surface area contributed by atoms with Crippen molar-refractivity contribution in [1.82, 2.24) is 0 Å². The normalized spacial score (nSPS) is 13.7. The molecule has 0 saturated heterocycles. The molecule has 0 radical (unpaired) electrons. The first-order chi connectivity index (χ1) is 14.6. The molecule has 0 atom stereocenters. The largest absolute Gasteiger partial charge is 0.493 e. The van der Waals surface area contributed by atoms with Gasteiger partial charge in [0.15, 0.2) is 17.3 Å². The van der Waals surface area contributed by atoms with Crippen molar-refractivity contribution in [3.63, 3.8) is 0 Å². The Morgan fingerprint density at radius 3 is 2.37 bits per heavy atom. The SMILES string of the molecule is COc1ccc(/C=C2\Oc3c(ccc(OCc4ccccc4)c3C)C2=O)cc1OC. The number of hydrogen-bond donors (Lipinski definition) is 0. The molecule has 0 fully saturated rings. The van der Waals surface area contributed by atoms with Crippen molar-refractivity contribution in [2.45, 2.75) is 13.5 Å². The van der Waals surface area contributed by atoms with Gasteiger partial charge in [-0.2, -0.15) is 0 Å². The van der Waals surface area contributed by atoms with Gasteiger partial charge in [0, 0.05) is 5.56 Å². The predicted octanol–water partition coefficient (Wildman–Crippen LogP) is 5.21. The Morgan fingerprint density at radius 1 is 0.900 bits per heavy atom. The fourth-order valence-electron chi connectivity index (χ4n) is 3.35. The number of benzene rings is 3. The smallest absolute Gasteiger partial charge is 0.231 e. The van der Waals surface area contributed by atoms with Crippen molar-refractivity contribution in [1.29, 1.82) is 0 Å². The Hall–Kier alpha value is -3.73. The van der Waals surface area contributed by atoms with Gasteiger partial charge < -0.3 is 18.9 Å². The third kappa shape index (κ3) is 3.74. The highest BCUT2D eigenvalue weighted by Gasteiger charge is 2.30. The molecule has 1 aliphatic rings. The molecule has 4 rings (SSSR count). The summed E-state index contributed by atoms with van der Waals surface area (Å²) in [5.41, 5.74) is 3.18. The summed E-state index contributed by atoms with van der Waals surface area (Å²) < 4.78 is 22.5. The van der Waals surface area contributed by atoms with Crippen molar-refractivity contribution in [3.8, 4) is 23.0 Å². The summed E-state index contributed by atoms with van der Waals surface area (Å²) in [5, 5.41) is 0. The van der Waals surface area contributed by atoms with E-state index in [2.05, 4.69) is 0 Å². The highest BCUT2D eigenvalue weighted by Crippen LogP contribution is 2.40. The molecule has 30 heavy (non-hydrogen) atoms. The van der Waals surface area contributed by atoms with Crippen molar-refractivity contribution < 1.29 is 23.7 Å². The first kappa shape index (κ1) is 19.6. The summed E-state index contributed by atoms with van der Waals surface area (Å²) in [6.07, 6.45) is 1.70. The minimum Gasteiger partial charge on any atom is -0.493 e. The van der Waals surface area contributed by atoms with Crippen LogP contribution < -0.4 is 18.9 Å². The lowest BCUT2D eigenvalue weighted by molar-refractivity contribution is 0.101. The van der Waals surface area contributed by atoms with Crippen LogP contribution in [0.5, 0.6) is 23.0 Å². The number of carbonyl (C=O) groups excluding carboxylic acids is 1. The fraction of sp³-hybridized carbons (Fsp3) is 0.160. The molecule has 5 heteroatoms. The van der Waals surface area contributed by atoms with Crippen LogP contribution in [-0.4, -0.2) is 20.0 Å². The van der Waals surface area contributed by atoms with Crippen LogP contribution in [0.3, 0.4) is 0 Å². The number of hydrogen-bond acceptors (Lipinski definition) is 5. The summed E-state index contributed by atoms with van der Waals surface area (Å²) in [6.45, 7) is 2.34. The van der Waals surface area contributed by atoms with Gasteiger partial charge in [0.1, 0.15) is 18.1 Å². The van der Waals surface area contributed by atoms with Crippen LogP contribution in [0.1, 0.15) is 27.0 Å². The second kappa shape index (κ2) is 8.33. The number of carbonyl (C=O) groups is 1. The standard InChI is InChI=1S/C25H22O5/c1-16-20(29-15-17-7-5-4-6-8-17)12-10-19-24(26)23(30-25(16)19)14-18-9-11-21(27-2)22(13-18)28-3/h4-14H,15H2,1-3H3/b23-14-. The Morgan fingerprint density at radius 2 is 1.63 bits per heavy atom. The molecular formula is C25H22O5. The van der Waals surface area contributed by atoms with Gasteiger partial charge in [-0.25, -0.2) is 0 Å². The number of fused-ring (bicyclic) bond motifs is 1. The molecule has 0 saturated carbocycles. The van der Waals surface area contributed by atoms with Crippen molar-refractivity contribution in [3.05, 3.63) is 88.7 Å². The zero-order chi connectivity index (χ0) is 21.1. The van der Waals surface area contributed by atoms with Crippen molar-refractivity contribution in [2.24, 2.45) is 0 Å². The number of ether oxygens (including phenoxy) is 4. The topological polar surface area (TPSA) is 54.0 Å². The van der Waals surface area contributed by atoms with Gasteiger partial charge in [0.05, 0.1) is 19.8 Å². The lowest BCUT2D eigenvalue weighted by atomic mass is 10.1. The molecule has 0 aromatic heterocycles. The van der Waals surface area contributed by atoms with E-state index in [-0.39, 0.29) is 11.5 Å². The summed E-state index contributed by atoms with van der Waals surface area (Å²) in [4.78, 5) is 12.8. The Labute approximate surface area is 175 Å². The van der Waals surface area contributed by atoms with Crippen LogP contribution >= 0.6 is 0 Å². The summed E-state index contributed by atoms with van der Waals surface area (Å²) >= 11 is 0. The fourth-order valence-corrected chi connectivity index (χ4v) is 3.35. The zero-order valence-electron chi connectivity index (χ0n) is 17.1. The average Bonchev–Trinajstić information content (AvgIpc) is 3.10. The molecule has 0 aliphatic carbocycles. The first-order valence-corrected chi connectivity index (χ1v) is 9.57. The zero-order valence-corrected chi connectivity index (χ0v) is 17.1. The lowest BCUT2D eigenvalue weighted by Gasteiger charge is -2.11. The molecule has 0 bridgehead atoms. The second-order valence-electron chi connectivity index (χ2n) is 6.89. The number of ketones is 1. The monoisotopic (exact) mass is 402 g/mol. The summed E-state index contributed by atoms with van der Waals surface area (Å²) in [5.74, 6) is 2.55. The highest BCUT2D eigenvalue weighted by atomic mass is 16.5. The van der Waals surface area contributed by atoms with Crippen molar-refractivity contribution in [2.75, 3.05) is 14.2 Å². The van der Waals surface area contributed by atoms with Gasteiger partial charge in [-0.3, -0.25) is 4.79 Å². The number of methoxy groups -OCH3 is 2. The van der Waals surface area contributed by atoms with Crippen LogP contribution in [-0.2, 0) is 6.61 Å². The molecule has 1 heterocycles. The number of allylic oxidation sites excluding steroid dienone is 1. The molecule has 0 unspecified atom stereocenters. The van der Waals surface area contributed by atoms with Gasteiger partial charge in [0.2, 0.25) is 5.78 Å². The van der Waals surface area contributed by atoms with E-state index < -0.39 is 0 Å². The maximum Gasteiger partial charge on any atom is 0.231 e. The van der Waals surface area contributed by atoms with Gasteiger partial charge in [0.25, 0.3) is 0 Å². The van der Waals surface area contributed by atoms with Crippen molar-refractivity contribution >= 4 is 11.9 Å². The third-order valence-electron chi connectivity index (χ3n) is 4.98. The highest BCUT2D eigenvalue weighted by molar-refractivity contribution is 6.15. The lowest BCUT2D eigenvalue weighted by Crippen LogP contribution is -1.98. The van der Waals surface area contributed by atoms with E-state index in [0.717, 1.165) is 16.7 Å². The second-order valence-corrected chi connectivity index (χ2v) is 6.89. The van der Waals surface area contributed by atoms with E-state index >= 15 is 0 Å². The maximum atomic E-state index is 12.8. The average molecular weight is 402 g/mol. The summed E-state index contributed by atoms with van der Waals surface area (Å²) in [7, 11) is 3.15. The molecule has 0 amide bonds. The van der Waals surface area contributed by atoms with E-state index in [1.807, 2.05) is 49.4 Å². The molecule has 152 valence electrons. The number of rotatable bonds is 6. The molecule has 1 aliphatic heterocycles. The summed E-state index contributed by atoms with van der Waals surface area (Å²) in [6, 6.07) is 18.9. The van der Waals surface area contributed by atoms with E-state index in [1.165, 1.54) is 0 Å². The van der Waals surface area contributed by atoms with E-state index in [9.17, 15) is 4.79 Å². The van der Waals surface area contributed by atoms with Crippen LogP contribution in [0.4, 0.5) is 0 Å². The molecule has 0 N–H and O–H groups in total. The van der Waals surface area contributed by atoms with Gasteiger partial charge >= 0.3 is 0 Å². The van der Waals surface area contributed by atoms with E-state index in [0.29, 0.717) is 35.2 Å². The van der Waals surface area contributed by atoms with Crippen LogP contribution in [0.15, 0.2) is 66.4 Å². The van der Waals surface area contributed by atoms with Gasteiger partial charge in [-0.15, -0.1) is 0 Å². The minimum absolute atomic E-state index is 0.155. The number of Topliss-reactive ketones (excluding diaryl/α,β-unsaturated/α-hetero) is 1. The van der Waals surface area contributed by atoms with Gasteiger partial charge in [-0.05, 0) is 48.4 Å². The first-order valence-electron chi connectivity index (χ1n) is 9.57. The predicted molar refractivity (Wildman–Crippen MR) is 114 cm³/mol. The molecule has 3 aromatic rings. The van der Waals surface area contributed by atoms with Crippen LogP contribution in [0, 0.1) is 6.92 Å². The van der Waals surface area contributed by atoms with Crippen LogP contribution in [0.2, 0.25) is 0 Å². The minimum atomic E-state index is -0.155. The third-order valence-corrected chi connectivity index (χ3v) is 4.98. The van der Waals surface area contributed by atoms with E-state index in [4.69, 9.17) is 18.9 Å². The van der Waals surface area contributed by atoms with Gasteiger partial charge in [-0.1, -0.05) is 36.4 Å².